The molecular formula is C33H35F2N3O4S. The third-order valence-electron chi connectivity index (χ3n) is 11.6. The van der Waals surface area contributed by atoms with Crippen molar-refractivity contribution in [3.63, 3.8) is 0 Å². The minimum Gasteiger partial charge on any atom is -0.449 e. The van der Waals surface area contributed by atoms with Crippen molar-refractivity contribution in [2.45, 2.75) is 82.6 Å². The van der Waals surface area contributed by atoms with Crippen LogP contribution in [0.25, 0.3) is 11.8 Å². The van der Waals surface area contributed by atoms with Gasteiger partial charge in [-0.3, -0.25) is 9.59 Å². The number of benzene rings is 1. The van der Waals surface area contributed by atoms with Gasteiger partial charge in [0.05, 0.1) is 41.4 Å². The second-order valence-corrected chi connectivity index (χ2v) is 14.5. The normalized spacial score (nSPS) is 37.7. The Labute approximate surface area is 253 Å². The lowest BCUT2D eigenvalue weighted by Crippen LogP contribution is -2.70. The summed E-state index contributed by atoms with van der Waals surface area (Å²) in [6.07, 6.45) is 5.96. The molecule has 0 unspecified atom stereocenters. The maximum absolute atomic E-state index is 18.1. The number of aromatic nitrogens is 2. The molecule has 4 saturated carbocycles. The van der Waals surface area contributed by atoms with Crippen LogP contribution in [0.15, 0.2) is 36.0 Å². The van der Waals surface area contributed by atoms with Gasteiger partial charge in [-0.2, -0.15) is 10.4 Å². The number of carbonyl (C=O) groups excluding carboxylic acids is 2. The van der Waals surface area contributed by atoms with Gasteiger partial charge in [-0.05, 0) is 93.2 Å². The zero-order valence-corrected chi connectivity index (χ0v) is 25.1. The number of fused-ring (bicyclic) bond motifs is 6. The fraction of sp³-hybridized carbons (Fsp3) is 0.576. The van der Waals surface area contributed by atoms with Crippen LogP contribution >= 0.6 is 11.8 Å². The molecule has 0 aliphatic heterocycles. The molecule has 10 heteroatoms. The fourth-order valence-corrected chi connectivity index (χ4v) is 9.97. The molecule has 0 amide bonds. The summed E-state index contributed by atoms with van der Waals surface area (Å²) in [6, 6.07) is 8.08. The molecule has 1 aromatic carbocycles. The van der Waals surface area contributed by atoms with Gasteiger partial charge < -0.3 is 9.84 Å². The minimum atomic E-state index is -1.98. The highest BCUT2D eigenvalue weighted by Crippen LogP contribution is 2.71. The maximum atomic E-state index is 18.1. The number of hydrogen-bond donors (Lipinski definition) is 1. The van der Waals surface area contributed by atoms with Crippen molar-refractivity contribution in [1.82, 2.24) is 9.78 Å². The molecule has 43 heavy (non-hydrogen) atoms. The van der Waals surface area contributed by atoms with E-state index in [4.69, 9.17) is 4.74 Å². The van der Waals surface area contributed by atoms with Crippen LogP contribution in [-0.2, 0) is 20.7 Å². The van der Waals surface area contributed by atoms with E-state index in [1.165, 1.54) is 12.1 Å². The van der Waals surface area contributed by atoms with E-state index in [9.17, 15) is 24.3 Å². The number of nitrogens with zero attached hydrogens (tertiary/aromatic N) is 3. The van der Waals surface area contributed by atoms with E-state index in [2.05, 4.69) is 5.10 Å². The van der Waals surface area contributed by atoms with E-state index >= 15 is 4.39 Å². The molecule has 0 radical (unpaired) electrons. The SMILES string of the molecule is C[C@]12Cc3cnn(-c4ccc(F)cc4)c3C=C1CC[C@H]1[C@@H]3CC[C@](OC(=O)C4CC4)(C(=O)SCC#N)[C@@]3(C)C[C@H](O)[C@@]12F. The first kappa shape index (κ1) is 28.7. The molecule has 1 heterocycles. The number of allylic oxidation sites excluding steroid dienone is 1. The zero-order chi connectivity index (χ0) is 30.4. The van der Waals surface area contributed by atoms with Gasteiger partial charge >= 0.3 is 5.97 Å². The summed E-state index contributed by atoms with van der Waals surface area (Å²) in [5.74, 6) is -1.88. The number of carbonyl (C=O) groups is 2. The fourth-order valence-electron chi connectivity index (χ4n) is 9.16. The minimum absolute atomic E-state index is 0.0218. The number of nitriles is 1. The first-order valence-electron chi connectivity index (χ1n) is 15.2. The highest BCUT2D eigenvalue weighted by Gasteiger charge is 2.76. The van der Waals surface area contributed by atoms with Gasteiger partial charge in [0.1, 0.15) is 11.5 Å². The van der Waals surface area contributed by atoms with Crippen LogP contribution in [-0.4, -0.2) is 49.1 Å². The number of esters is 1. The van der Waals surface area contributed by atoms with Gasteiger partial charge in [0.2, 0.25) is 5.12 Å². The lowest BCUT2D eigenvalue weighted by atomic mass is 9.44. The highest BCUT2D eigenvalue weighted by molar-refractivity contribution is 8.14. The Morgan fingerprint density at radius 2 is 1.93 bits per heavy atom. The van der Waals surface area contributed by atoms with E-state index in [0.29, 0.717) is 31.4 Å². The van der Waals surface area contributed by atoms with E-state index < -0.39 is 40.1 Å². The summed E-state index contributed by atoms with van der Waals surface area (Å²) in [7, 11) is 0. The third kappa shape index (κ3) is 3.89. The van der Waals surface area contributed by atoms with E-state index in [1.807, 2.05) is 26.0 Å². The predicted octanol–water partition coefficient (Wildman–Crippen LogP) is 5.73. The van der Waals surface area contributed by atoms with Crippen molar-refractivity contribution in [3.05, 3.63) is 53.1 Å². The summed E-state index contributed by atoms with van der Waals surface area (Å²) in [6.45, 7) is 3.79. The predicted molar refractivity (Wildman–Crippen MR) is 156 cm³/mol. The molecule has 4 fully saturated rings. The highest BCUT2D eigenvalue weighted by atomic mass is 32.2. The molecule has 5 aliphatic carbocycles. The Kier molecular flexibility index (Phi) is 6.50. The Bertz CT molecular complexity index is 1580. The summed E-state index contributed by atoms with van der Waals surface area (Å²) in [5.41, 5.74) is -2.14. The number of alkyl halides is 1. The van der Waals surface area contributed by atoms with Crippen LogP contribution in [0, 0.1) is 45.7 Å². The van der Waals surface area contributed by atoms with Gasteiger partial charge in [-0.1, -0.05) is 31.2 Å². The van der Waals surface area contributed by atoms with Crippen molar-refractivity contribution in [2.24, 2.45) is 28.6 Å². The molecule has 5 aliphatic rings. The van der Waals surface area contributed by atoms with Gasteiger partial charge in [0, 0.05) is 16.7 Å². The van der Waals surface area contributed by atoms with Crippen LogP contribution in [0.5, 0.6) is 0 Å². The number of aliphatic hydroxyl groups excluding tert-OH is 1. The molecule has 7 rings (SSSR count). The number of ether oxygens (including phenoxy) is 1. The van der Waals surface area contributed by atoms with Crippen molar-refractivity contribution >= 4 is 28.9 Å². The van der Waals surface area contributed by atoms with Crippen molar-refractivity contribution < 1.29 is 28.2 Å². The van der Waals surface area contributed by atoms with Crippen LogP contribution in [0.4, 0.5) is 8.78 Å². The second-order valence-electron chi connectivity index (χ2n) is 13.6. The summed E-state index contributed by atoms with van der Waals surface area (Å²) < 4.78 is 39.5. The van der Waals surface area contributed by atoms with E-state index in [-0.39, 0.29) is 41.4 Å². The molecule has 0 saturated heterocycles. The topological polar surface area (TPSA) is 105 Å². The number of aliphatic hydroxyl groups is 1. The van der Waals surface area contributed by atoms with E-state index in [0.717, 1.165) is 41.4 Å². The van der Waals surface area contributed by atoms with Crippen LogP contribution in [0.1, 0.15) is 70.1 Å². The van der Waals surface area contributed by atoms with Gasteiger partial charge in [0.15, 0.2) is 5.60 Å². The number of hydrogen-bond acceptors (Lipinski definition) is 7. The lowest BCUT2D eigenvalue weighted by molar-refractivity contribution is -0.229. The van der Waals surface area contributed by atoms with Crippen molar-refractivity contribution in [3.8, 4) is 11.8 Å². The monoisotopic (exact) mass is 607 g/mol. The van der Waals surface area contributed by atoms with Gasteiger partial charge in [-0.25, -0.2) is 13.5 Å². The molecule has 1 aromatic heterocycles. The molecule has 1 N–H and O–H groups in total. The Morgan fingerprint density at radius 1 is 1.19 bits per heavy atom. The number of halogens is 2. The molecule has 0 bridgehead atoms. The standard InChI is InChI=1S/C33H35F2N3O4S/c1-30-16-20-18-37-38(23-8-6-22(34)7-9-23)26(20)15-21(30)5-10-25-24-11-12-32(29(41)43-14-13-36,42-28(40)19-3-4-19)31(24,2)17-27(39)33(25,30)35/h6-9,15,18-19,24-25,27,39H,3-5,10-12,14,16-17H2,1-2H3/t24-,25-,27-,30-,31-,32-,33-/m0/s1. The molecule has 7 nitrogen and oxygen atoms in total. The van der Waals surface area contributed by atoms with Crippen molar-refractivity contribution in [1.29, 1.82) is 5.26 Å². The first-order valence-corrected chi connectivity index (χ1v) is 16.1. The summed E-state index contributed by atoms with van der Waals surface area (Å²) >= 11 is 0.850. The third-order valence-corrected chi connectivity index (χ3v) is 12.4. The van der Waals surface area contributed by atoms with E-state index in [1.54, 1.807) is 23.0 Å². The second kappa shape index (κ2) is 9.73. The molecule has 7 atom stereocenters. The maximum Gasteiger partial charge on any atom is 0.309 e. The summed E-state index contributed by atoms with van der Waals surface area (Å²) in [5, 5.41) is 25.3. The average molecular weight is 608 g/mol. The first-order chi connectivity index (χ1) is 20.5. The molecule has 0 spiro atoms. The Morgan fingerprint density at radius 3 is 2.63 bits per heavy atom. The Hall–Kier alpha value is -3.03. The smallest absolute Gasteiger partial charge is 0.309 e. The molecule has 226 valence electrons. The molecule has 2 aromatic rings. The number of thioether (sulfide) groups is 1. The largest absolute Gasteiger partial charge is 0.449 e. The van der Waals surface area contributed by atoms with Gasteiger partial charge in [-0.15, -0.1) is 0 Å². The van der Waals surface area contributed by atoms with Gasteiger partial charge in [0.25, 0.3) is 0 Å². The quantitative estimate of drug-likeness (QED) is 0.433. The molecular weight excluding hydrogens is 572 g/mol. The van der Waals surface area contributed by atoms with Crippen molar-refractivity contribution in [2.75, 3.05) is 5.75 Å². The van der Waals surface area contributed by atoms with Crippen LogP contribution < -0.4 is 0 Å². The number of rotatable bonds is 5. The van der Waals surface area contributed by atoms with Crippen LogP contribution in [0.2, 0.25) is 0 Å². The Balaban J connectivity index is 1.26. The lowest BCUT2D eigenvalue weighted by Gasteiger charge is -2.63. The van der Waals surface area contributed by atoms with Crippen LogP contribution in [0.3, 0.4) is 0 Å². The zero-order valence-electron chi connectivity index (χ0n) is 24.3. The average Bonchev–Trinajstić information content (AvgIpc) is 3.70. The summed E-state index contributed by atoms with van der Waals surface area (Å²) in [4.78, 5) is 26.8.